The topological polar surface area (TPSA) is 41.5 Å². The molecule has 0 fully saturated rings. The van der Waals surface area contributed by atoms with Crippen molar-refractivity contribution in [3.8, 4) is 0 Å². The monoisotopic (exact) mass is 284 g/mol. The number of carbonyl (C=O) groups is 1. The Labute approximate surface area is 123 Å². The van der Waals surface area contributed by atoms with Crippen LogP contribution in [0, 0.1) is 26.6 Å². The molecule has 0 saturated carbocycles. The zero-order chi connectivity index (χ0) is 15.4. The van der Waals surface area contributed by atoms with Crippen LogP contribution in [0.4, 0.5) is 4.39 Å². The van der Waals surface area contributed by atoms with E-state index in [4.69, 9.17) is 0 Å². The Morgan fingerprint density at radius 2 is 1.76 bits per heavy atom. The van der Waals surface area contributed by atoms with Gasteiger partial charge < -0.3 is 0 Å². The van der Waals surface area contributed by atoms with E-state index in [9.17, 15) is 9.18 Å². The van der Waals surface area contributed by atoms with Crippen LogP contribution >= 0.6 is 0 Å². The summed E-state index contributed by atoms with van der Waals surface area (Å²) in [5.74, 6) is -1.13. The molecule has 0 atom stereocenters. The van der Waals surface area contributed by atoms with Crippen LogP contribution in [0.2, 0.25) is 0 Å². The molecule has 2 rings (SSSR count). The van der Waals surface area contributed by atoms with Crippen molar-refractivity contribution in [2.24, 2.45) is 5.10 Å². The standard InChI is InChI=1S/C17H17FN2O/c1-11-8-12(2)15(13(3)9-11)10-19-20-17(21)14-6-4-5-7-16(14)18/h4-10H,1-3H3,(H,20,21)/b19-10-. The number of nitrogens with zero attached hydrogens (tertiary/aromatic N) is 1. The smallest absolute Gasteiger partial charge is 0.267 e. The van der Waals surface area contributed by atoms with Crippen molar-refractivity contribution >= 4 is 12.1 Å². The summed E-state index contributed by atoms with van der Waals surface area (Å²) in [4.78, 5) is 11.8. The maximum absolute atomic E-state index is 13.5. The highest BCUT2D eigenvalue weighted by Crippen LogP contribution is 2.14. The highest BCUT2D eigenvalue weighted by molar-refractivity contribution is 5.95. The number of benzene rings is 2. The van der Waals surface area contributed by atoms with Crippen LogP contribution in [0.1, 0.15) is 32.6 Å². The lowest BCUT2D eigenvalue weighted by Crippen LogP contribution is -2.19. The second kappa shape index (κ2) is 6.31. The third-order valence-electron chi connectivity index (χ3n) is 3.22. The summed E-state index contributed by atoms with van der Waals surface area (Å²) in [6.45, 7) is 6.00. The minimum absolute atomic E-state index is 0.0213. The van der Waals surface area contributed by atoms with Gasteiger partial charge in [0.05, 0.1) is 11.8 Å². The molecule has 0 aliphatic heterocycles. The van der Waals surface area contributed by atoms with Gasteiger partial charge in [0.15, 0.2) is 0 Å². The summed E-state index contributed by atoms with van der Waals surface area (Å²) in [6, 6.07) is 9.90. The molecule has 4 heteroatoms. The van der Waals surface area contributed by atoms with E-state index in [1.54, 1.807) is 12.3 Å². The molecule has 1 amide bonds. The van der Waals surface area contributed by atoms with Gasteiger partial charge in [-0.25, -0.2) is 9.82 Å². The minimum atomic E-state index is -0.563. The van der Waals surface area contributed by atoms with E-state index in [-0.39, 0.29) is 5.56 Å². The summed E-state index contributed by atoms with van der Waals surface area (Å²) in [5.41, 5.74) is 6.62. The zero-order valence-electron chi connectivity index (χ0n) is 12.3. The average Bonchev–Trinajstić information content (AvgIpc) is 2.42. The van der Waals surface area contributed by atoms with E-state index in [1.807, 2.05) is 32.9 Å². The van der Waals surface area contributed by atoms with Crippen LogP contribution < -0.4 is 5.43 Å². The Hall–Kier alpha value is -2.49. The summed E-state index contributed by atoms with van der Waals surface area (Å²) < 4.78 is 13.5. The molecule has 108 valence electrons. The average molecular weight is 284 g/mol. The Kier molecular flexibility index (Phi) is 4.48. The minimum Gasteiger partial charge on any atom is -0.267 e. The van der Waals surface area contributed by atoms with Crippen molar-refractivity contribution in [1.29, 1.82) is 0 Å². The second-order valence-corrected chi connectivity index (χ2v) is 4.99. The highest BCUT2D eigenvalue weighted by atomic mass is 19.1. The van der Waals surface area contributed by atoms with E-state index in [0.717, 1.165) is 16.7 Å². The number of hydrogen-bond acceptors (Lipinski definition) is 2. The first-order chi connectivity index (χ1) is 9.99. The third-order valence-corrected chi connectivity index (χ3v) is 3.22. The van der Waals surface area contributed by atoms with E-state index < -0.39 is 11.7 Å². The summed E-state index contributed by atoms with van der Waals surface area (Å²) in [6.07, 6.45) is 1.59. The van der Waals surface area contributed by atoms with Crippen LogP contribution in [0.15, 0.2) is 41.5 Å². The highest BCUT2D eigenvalue weighted by Gasteiger charge is 2.09. The van der Waals surface area contributed by atoms with Crippen LogP contribution in [0.25, 0.3) is 0 Å². The molecule has 1 N–H and O–H groups in total. The fourth-order valence-electron chi connectivity index (χ4n) is 2.26. The molecule has 2 aromatic rings. The van der Waals surface area contributed by atoms with Crippen molar-refractivity contribution in [3.63, 3.8) is 0 Å². The van der Waals surface area contributed by atoms with E-state index in [2.05, 4.69) is 10.5 Å². The van der Waals surface area contributed by atoms with Gasteiger partial charge in [-0.05, 0) is 44.0 Å². The number of aryl methyl sites for hydroxylation is 3. The van der Waals surface area contributed by atoms with Crippen molar-refractivity contribution in [3.05, 3.63) is 70.0 Å². The molecule has 0 aliphatic rings. The van der Waals surface area contributed by atoms with Gasteiger partial charge in [-0.15, -0.1) is 0 Å². The molecule has 0 aromatic heterocycles. The fourth-order valence-corrected chi connectivity index (χ4v) is 2.26. The van der Waals surface area contributed by atoms with Crippen LogP contribution in [0.5, 0.6) is 0 Å². The first-order valence-electron chi connectivity index (χ1n) is 6.65. The van der Waals surface area contributed by atoms with Gasteiger partial charge in [0.25, 0.3) is 5.91 Å². The van der Waals surface area contributed by atoms with Gasteiger partial charge in [0.1, 0.15) is 5.82 Å². The predicted octanol–water partition coefficient (Wildman–Crippen LogP) is 3.51. The molecular weight excluding hydrogens is 267 g/mol. The fraction of sp³-hybridized carbons (Fsp3) is 0.176. The lowest BCUT2D eigenvalue weighted by Gasteiger charge is -2.06. The quantitative estimate of drug-likeness (QED) is 0.680. The van der Waals surface area contributed by atoms with Crippen molar-refractivity contribution < 1.29 is 9.18 Å². The molecule has 0 spiro atoms. The number of nitrogens with one attached hydrogen (secondary N) is 1. The Bertz CT molecular complexity index is 685. The maximum atomic E-state index is 13.5. The van der Waals surface area contributed by atoms with Gasteiger partial charge in [0.2, 0.25) is 0 Å². The van der Waals surface area contributed by atoms with Gasteiger partial charge in [-0.3, -0.25) is 4.79 Å². The van der Waals surface area contributed by atoms with Gasteiger partial charge in [-0.1, -0.05) is 29.8 Å². The van der Waals surface area contributed by atoms with Crippen molar-refractivity contribution in [2.75, 3.05) is 0 Å². The maximum Gasteiger partial charge on any atom is 0.274 e. The number of halogens is 1. The zero-order valence-corrected chi connectivity index (χ0v) is 12.3. The van der Waals surface area contributed by atoms with Crippen LogP contribution in [-0.4, -0.2) is 12.1 Å². The number of rotatable bonds is 3. The molecule has 0 bridgehead atoms. The summed E-state index contributed by atoms with van der Waals surface area (Å²) in [7, 11) is 0. The first kappa shape index (κ1) is 14.9. The van der Waals surface area contributed by atoms with Crippen molar-refractivity contribution in [2.45, 2.75) is 20.8 Å². The first-order valence-corrected chi connectivity index (χ1v) is 6.65. The molecular formula is C17H17FN2O. The number of amides is 1. The van der Waals surface area contributed by atoms with Gasteiger partial charge in [0, 0.05) is 5.56 Å². The second-order valence-electron chi connectivity index (χ2n) is 4.99. The number of hydrazone groups is 1. The van der Waals surface area contributed by atoms with Crippen LogP contribution in [0.3, 0.4) is 0 Å². The lowest BCUT2D eigenvalue weighted by atomic mass is 10.0. The Balaban J connectivity index is 2.13. The molecule has 0 heterocycles. The summed E-state index contributed by atoms with van der Waals surface area (Å²) >= 11 is 0. The van der Waals surface area contributed by atoms with Crippen LogP contribution in [-0.2, 0) is 0 Å². The van der Waals surface area contributed by atoms with Gasteiger partial charge >= 0.3 is 0 Å². The number of hydrogen-bond donors (Lipinski definition) is 1. The van der Waals surface area contributed by atoms with E-state index in [0.29, 0.717) is 0 Å². The molecule has 0 radical (unpaired) electrons. The molecule has 21 heavy (non-hydrogen) atoms. The lowest BCUT2D eigenvalue weighted by molar-refractivity contribution is 0.0951. The van der Waals surface area contributed by atoms with Gasteiger partial charge in [-0.2, -0.15) is 5.10 Å². The SMILES string of the molecule is Cc1cc(C)c(/C=N\NC(=O)c2ccccc2F)c(C)c1. The van der Waals surface area contributed by atoms with E-state index >= 15 is 0 Å². The largest absolute Gasteiger partial charge is 0.274 e. The summed E-state index contributed by atoms with van der Waals surface area (Å²) in [5, 5.41) is 3.92. The normalized spacial score (nSPS) is 10.9. The molecule has 2 aromatic carbocycles. The molecule has 0 aliphatic carbocycles. The molecule has 0 unspecified atom stereocenters. The Morgan fingerprint density at radius 3 is 2.38 bits per heavy atom. The Morgan fingerprint density at radius 1 is 1.14 bits per heavy atom. The van der Waals surface area contributed by atoms with E-state index in [1.165, 1.54) is 23.8 Å². The third kappa shape index (κ3) is 3.54. The predicted molar refractivity (Wildman–Crippen MR) is 82.1 cm³/mol. The molecule has 0 saturated heterocycles. The van der Waals surface area contributed by atoms with Crippen molar-refractivity contribution in [1.82, 2.24) is 5.43 Å². The molecule has 3 nitrogen and oxygen atoms in total. The number of carbonyl (C=O) groups excluding carboxylic acids is 1.